The fraction of sp³-hybridized carbons (Fsp3) is 0.857. The van der Waals surface area contributed by atoms with Gasteiger partial charge in [0.05, 0.1) is 6.04 Å². The fourth-order valence-corrected chi connectivity index (χ4v) is 0.994. The van der Waals surface area contributed by atoms with Gasteiger partial charge in [0.1, 0.15) is 0 Å². The number of hydrogen-bond donors (Lipinski definition) is 1. The molecular formula is C7H14ClNO. The summed E-state index contributed by atoms with van der Waals surface area (Å²) in [7, 11) is 1.74. The van der Waals surface area contributed by atoms with Gasteiger partial charge in [0.15, 0.2) is 0 Å². The van der Waals surface area contributed by atoms with E-state index in [1.54, 1.807) is 7.05 Å². The molecule has 0 amide bonds. The summed E-state index contributed by atoms with van der Waals surface area (Å²) in [5.41, 5.74) is 0. The van der Waals surface area contributed by atoms with E-state index in [2.05, 4.69) is 19.2 Å². The monoisotopic (exact) mass is 163 g/mol. The predicted molar refractivity (Wildman–Crippen MR) is 43.2 cm³/mol. The minimum Gasteiger partial charge on any atom is -0.309 e. The van der Waals surface area contributed by atoms with E-state index >= 15 is 0 Å². The fourth-order valence-electron chi connectivity index (χ4n) is 0.795. The number of carbonyl (C=O) groups excluding carboxylic acids is 1. The summed E-state index contributed by atoms with van der Waals surface area (Å²) >= 11 is 5.29. The first-order valence-electron chi connectivity index (χ1n) is 3.44. The minimum absolute atomic E-state index is 0.179. The summed E-state index contributed by atoms with van der Waals surface area (Å²) in [6.07, 6.45) is 0.804. The minimum atomic E-state index is -0.295. The number of carbonyl (C=O) groups is 1. The largest absolute Gasteiger partial charge is 0.309 e. The van der Waals surface area contributed by atoms with Gasteiger partial charge in [0.25, 0.3) is 0 Å². The van der Waals surface area contributed by atoms with Crippen molar-refractivity contribution in [2.75, 3.05) is 7.05 Å². The van der Waals surface area contributed by atoms with Crippen molar-refractivity contribution >= 4 is 16.8 Å². The lowest BCUT2D eigenvalue weighted by Gasteiger charge is -2.12. The highest BCUT2D eigenvalue weighted by atomic mass is 35.5. The first-order chi connectivity index (χ1) is 4.57. The second-order valence-electron chi connectivity index (χ2n) is 2.77. The Balaban J connectivity index is 3.72. The van der Waals surface area contributed by atoms with Crippen LogP contribution in [-0.4, -0.2) is 18.3 Å². The van der Waals surface area contributed by atoms with Crippen molar-refractivity contribution in [3.63, 3.8) is 0 Å². The molecule has 10 heavy (non-hydrogen) atoms. The quantitative estimate of drug-likeness (QED) is 0.635. The van der Waals surface area contributed by atoms with Crippen LogP contribution in [0.1, 0.15) is 20.3 Å². The lowest BCUT2D eigenvalue weighted by atomic mass is 10.1. The van der Waals surface area contributed by atoms with Gasteiger partial charge in [0, 0.05) is 0 Å². The summed E-state index contributed by atoms with van der Waals surface area (Å²) < 4.78 is 0. The van der Waals surface area contributed by atoms with Crippen LogP contribution in [0.25, 0.3) is 0 Å². The van der Waals surface area contributed by atoms with Crippen molar-refractivity contribution < 1.29 is 4.79 Å². The molecule has 0 fully saturated rings. The molecule has 2 nitrogen and oxygen atoms in total. The van der Waals surface area contributed by atoms with E-state index in [0.717, 1.165) is 6.42 Å². The maximum atomic E-state index is 10.6. The first-order valence-corrected chi connectivity index (χ1v) is 3.82. The third kappa shape index (κ3) is 3.85. The van der Waals surface area contributed by atoms with Gasteiger partial charge in [-0.05, 0) is 31.0 Å². The van der Waals surface area contributed by atoms with Crippen molar-refractivity contribution in [1.82, 2.24) is 5.32 Å². The summed E-state index contributed by atoms with van der Waals surface area (Å²) in [6, 6.07) is -0.179. The Hall–Kier alpha value is -0.0800. The Morgan fingerprint density at radius 2 is 2.10 bits per heavy atom. The highest BCUT2D eigenvalue weighted by Crippen LogP contribution is 2.06. The number of hydrogen-bond acceptors (Lipinski definition) is 2. The van der Waals surface area contributed by atoms with E-state index < -0.39 is 0 Å². The molecular weight excluding hydrogens is 150 g/mol. The first kappa shape index (κ1) is 9.92. The SMILES string of the molecule is CNC(CC(C)C)C(=O)Cl. The zero-order valence-corrected chi connectivity index (χ0v) is 7.40. The van der Waals surface area contributed by atoms with Crippen molar-refractivity contribution in [1.29, 1.82) is 0 Å². The van der Waals surface area contributed by atoms with E-state index in [4.69, 9.17) is 11.6 Å². The maximum absolute atomic E-state index is 10.6. The van der Waals surface area contributed by atoms with Crippen LogP contribution < -0.4 is 5.32 Å². The van der Waals surface area contributed by atoms with Gasteiger partial charge in [-0.25, -0.2) is 0 Å². The van der Waals surface area contributed by atoms with Crippen LogP contribution >= 0.6 is 11.6 Å². The molecule has 0 aromatic heterocycles. The molecule has 0 heterocycles. The van der Waals surface area contributed by atoms with E-state index in [9.17, 15) is 4.79 Å². The molecule has 0 saturated carbocycles. The van der Waals surface area contributed by atoms with Crippen LogP contribution in [-0.2, 0) is 4.79 Å². The van der Waals surface area contributed by atoms with Crippen molar-refractivity contribution in [3.8, 4) is 0 Å². The molecule has 1 unspecified atom stereocenters. The Morgan fingerprint density at radius 3 is 2.20 bits per heavy atom. The average Bonchev–Trinajstić information content (AvgIpc) is 1.81. The van der Waals surface area contributed by atoms with Crippen LogP contribution in [0, 0.1) is 5.92 Å². The number of likely N-dealkylation sites (N-methyl/N-ethyl adjacent to an activating group) is 1. The second kappa shape index (κ2) is 4.69. The third-order valence-corrected chi connectivity index (χ3v) is 1.59. The number of nitrogens with one attached hydrogen (secondary N) is 1. The Bertz CT molecular complexity index is 114. The van der Waals surface area contributed by atoms with Gasteiger partial charge in [-0.3, -0.25) is 4.79 Å². The van der Waals surface area contributed by atoms with Gasteiger partial charge in [-0.2, -0.15) is 0 Å². The molecule has 0 radical (unpaired) electrons. The number of halogens is 1. The molecule has 0 saturated heterocycles. The van der Waals surface area contributed by atoms with Gasteiger partial charge >= 0.3 is 0 Å². The lowest BCUT2D eigenvalue weighted by Crippen LogP contribution is -2.32. The highest BCUT2D eigenvalue weighted by Gasteiger charge is 2.14. The molecule has 0 aliphatic carbocycles. The molecule has 60 valence electrons. The second-order valence-corrected chi connectivity index (χ2v) is 3.15. The molecule has 0 bridgehead atoms. The standard InChI is InChI=1S/C7H14ClNO/c1-5(2)4-6(9-3)7(8)10/h5-6,9H,4H2,1-3H3. The predicted octanol–water partition coefficient (Wildman–Crippen LogP) is 1.39. The highest BCUT2D eigenvalue weighted by molar-refractivity contribution is 6.64. The molecule has 0 spiro atoms. The topological polar surface area (TPSA) is 29.1 Å². The molecule has 0 aromatic carbocycles. The molecule has 1 N–H and O–H groups in total. The van der Waals surface area contributed by atoms with E-state index in [0.29, 0.717) is 5.92 Å². The third-order valence-electron chi connectivity index (χ3n) is 1.33. The van der Waals surface area contributed by atoms with Crippen molar-refractivity contribution in [2.24, 2.45) is 5.92 Å². The lowest BCUT2D eigenvalue weighted by molar-refractivity contribution is -0.113. The van der Waals surface area contributed by atoms with Gasteiger partial charge in [0.2, 0.25) is 5.24 Å². The van der Waals surface area contributed by atoms with E-state index in [1.165, 1.54) is 0 Å². The normalized spacial score (nSPS) is 13.7. The maximum Gasteiger partial charge on any atom is 0.238 e. The summed E-state index contributed by atoms with van der Waals surface area (Å²) in [5.74, 6) is 0.500. The van der Waals surface area contributed by atoms with E-state index in [-0.39, 0.29) is 11.3 Å². The molecule has 0 rings (SSSR count). The summed E-state index contributed by atoms with van der Waals surface area (Å²) in [4.78, 5) is 10.6. The molecule has 0 aromatic rings. The van der Waals surface area contributed by atoms with Crippen LogP contribution in [0.3, 0.4) is 0 Å². The van der Waals surface area contributed by atoms with Gasteiger partial charge in [-0.1, -0.05) is 13.8 Å². The Labute approximate surface area is 66.9 Å². The Kier molecular flexibility index (Phi) is 4.65. The summed E-state index contributed by atoms with van der Waals surface area (Å²) in [5, 5.41) is 2.56. The molecule has 0 aliphatic rings. The zero-order chi connectivity index (χ0) is 8.15. The molecule has 0 aliphatic heterocycles. The average molecular weight is 164 g/mol. The Morgan fingerprint density at radius 1 is 1.60 bits per heavy atom. The van der Waals surface area contributed by atoms with Crippen molar-refractivity contribution in [3.05, 3.63) is 0 Å². The van der Waals surface area contributed by atoms with Crippen LogP contribution in [0.2, 0.25) is 0 Å². The van der Waals surface area contributed by atoms with Crippen LogP contribution in [0.5, 0.6) is 0 Å². The number of rotatable bonds is 4. The zero-order valence-electron chi connectivity index (χ0n) is 6.65. The molecule has 1 atom stereocenters. The van der Waals surface area contributed by atoms with Crippen LogP contribution in [0.4, 0.5) is 0 Å². The van der Waals surface area contributed by atoms with Crippen molar-refractivity contribution in [2.45, 2.75) is 26.3 Å². The van der Waals surface area contributed by atoms with Gasteiger partial charge < -0.3 is 5.32 Å². The summed E-state index contributed by atoms with van der Waals surface area (Å²) in [6.45, 7) is 4.12. The van der Waals surface area contributed by atoms with Gasteiger partial charge in [-0.15, -0.1) is 0 Å². The smallest absolute Gasteiger partial charge is 0.238 e. The molecule has 3 heteroatoms. The van der Waals surface area contributed by atoms with E-state index in [1.807, 2.05) is 0 Å². The van der Waals surface area contributed by atoms with Crippen LogP contribution in [0.15, 0.2) is 0 Å².